The summed E-state index contributed by atoms with van der Waals surface area (Å²) in [4.78, 5) is 15.1. The first-order chi connectivity index (χ1) is 10.3. The fourth-order valence-electron chi connectivity index (χ4n) is 2.90. The van der Waals surface area contributed by atoms with Crippen LogP contribution in [0.4, 0.5) is 0 Å². The second-order valence-electron chi connectivity index (χ2n) is 7.30. The van der Waals surface area contributed by atoms with E-state index in [2.05, 4.69) is 37.8 Å². The summed E-state index contributed by atoms with van der Waals surface area (Å²) in [6.07, 6.45) is 1.08. The Balaban J connectivity index is 2.18. The van der Waals surface area contributed by atoms with E-state index in [1.807, 2.05) is 26.0 Å². The van der Waals surface area contributed by atoms with E-state index >= 15 is 0 Å². The van der Waals surface area contributed by atoms with Gasteiger partial charge in [0.1, 0.15) is 0 Å². The number of ketones is 1. The molecule has 22 heavy (non-hydrogen) atoms. The standard InChI is InChI=1S/C19H29NO2/c1-6-18(2,3)16-9-7-15(8-10-16)17(21)19(4,5)20-11-13-22-14-12-20/h7-10H,6,11-14H2,1-5H3. The van der Waals surface area contributed by atoms with Crippen molar-refractivity contribution in [3.05, 3.63) is 35.4 Å². The summed E-state index contributed by atoms with van der Waals surface area (Å²) in [7, 11) is 0. The van der Waals surface area contributed by atoms with Crippen LogP contribution in [0.5, 0.6) is 0 Å². The van der Waals surface area contributed by atoms with Crippen molar-refractivity contribution in [2.45, 2.75) is 52.0 Å². The lowest BCUT2D eigenvalue weighted by molar-refractivity contribution is -0.00430. The molecule has 1 saturated heterocycles. The number of ether oxygens (including phenoxy) is 1. The van der Waals surface area contributed by atoms with Gasteiger partial charge in [0.05, 0.1) is 18.8 Å². The number of benzene rings is 1. The topological polar surface area (TPSA) is 29.5 Å². The molecule has 1 aliphatic heterocycles. The Morgan fingerprint density at radius 3 is 2.14 bits per heavy atom. The molecule has 0 atom stereocenters. The van der Waals surface area contributed by atoms with Gasteiger partial charge >= 0.3 is 0 Å². The largest absolute Gasteiger partial charge is 0.379 e. The van der Waals surface area contributed by atoms with Gasteiger partial charge in [-0.1, -0.05) is 45.0 Å². The van der Waals surface area contributed by atoms with E-state index in [9.17, 15) is 4.79 Å². The molecule has 0 N–H and O–H groups in total. The predicted octanol–water partition coefficient (Wildman–Crippen LogP) is 3.67. The van der Waals surface area contributed by atoms with Crippen LogP contribution in [0.2, 0.25) is 0 Å². The maximum absolute atomic E-state index is 12.9. The van der Waals surface area contributed by atoms with Gasteiger partial charge in [-0.15, -0.1) is 0 Å². The Kier molecular flexibility index (Phi) is 5.08. The second-order valence-corrected chi connectivity index (χ2v) is 7.30. The van der Waals surface area contributed by atoms with Gasteiger partial charge in [0.15, 0.2) is 5.78 Å². The van der Waals surface area contributed by atoms with E-state index in [4.69, 9.17) is 4.74 Å². The third-order valence-corrected chi connectivity index (χ3v) is 5.17. The van der Waals surface area contributed by atoms with Gasteiger partial charge in [-0.25, -0.2) is 0 Å². The van der Waals surface area contributed by atoms with E-state index in [0.717, 1.165) is 25.1 Å². The van der Waals surface area contributed by atoms with E-state index < -0.39 is 5.54 Å². The number of rotatable bonds is 5. The van der Waals surface area contributed by atoms with Crippen LogP contribution in [0, 0.1) is 0 Å². The Labute approximate surface area is 134 Å². The van der Waals surface area contributed by atoms with Crippen LogP contribution < -0.4 is 0 Å². The first kappa shape index (κ1) is 17.2. The average Bonchev–Trinajstić information content (AvgIpc) is 2.55. The first-order valence-corrected chi connectivity index (χ1v) is 8.27. The summed E-state index contributed by atoms with van der Waals surface area (Å²) < 4.78 is 5.39. The zero-order chi connectivity index (χ0) is 16.4. The molecular formula is C19H29NO2. The second kappa shape index (κ2) is 6.51. The van der Waals surface area contributed by atoms with Crippen LogP contribution in [0.3, 0.4) is 0 Å². The molecule has 122 valence electrons. The first-order valence-electron chi connectivity index (χ1n) is 8.27. The van der Waals surface area contributed by atoms with Crippen LogP contribution in [0.15, 0.2) is 24.3 Å². The molecule has 1 aliphatic rings. The van der Waals surface area contributed by atoms with Crippen molar-refractivity contribution in [2.24, 2.45) is 0 Å². The van der Waals surface area contributed by atoms with E-state index in [1.165, 1.54) is 5.56 Å². The molecule has 1 heterocycles. The summed E-state index contributed by atoms with van der Waals surface area (Å²) in [5.41, 5.74) is 1.76. The zero-order valence-corrected chi connectivity index (χ0v) is 14.6. The molecule has 0 bridgehead atoms. The van der Waals surface area contributed by atoms with Crippen molar-refractivity contribution in [1.29, 1.82) is 0 Å². The van der Waals surface area contributed by atoms with Crippen molar-refractivity contribution in [2.75, 3.05) is 26.3 Å². The van der Waals surface area contributed by atoms with Crippen molar-refractivity contribution in [3.63, 3.8) is 0 Å². The highest BCUT2D eigenvalue weighted by molar-refractivity contribution is 6.02. The van der Waals surface area contributed by atoms with Crippen molar-refractivity contribution >= 4 is 5.78 Å². The normalized spacial score (nSPS) is 17.5. The Hall–Kier alpha value is -1.19. The van der Waals surface area contributed by atoms with E-state index in [1.54, 1.807) is 0 Å². The Morgan fingerprint density at radius 2 is 1.64 bits per heavy atom. The number of carbonyl (C=O) groups is 1. The highest BCUT2D eigenvalue weighted by Gasteiger charge is 2.36. The molecule has 0 spiro atoms. The molecule has 3 nitrogen and oxygen atoms in total. The van der Waals surface area contributed by atoms with Crippen LogP contribution in [-0.2, 0) is 10.2 Å². The Morgan fingerprint density at radius 1 is 1.09 bits per heavy atom. The lowest BCUT2D eigenvalue weighted by Gasteiger charge is -2.39. The highest BCUT2D eigenvalue weighted by atomic mass is 16.5. The third-order valence-electron chi connectivity index (χ3n) is 5.17. The summed E-state index contributed by atoms with van der Waals surface area (Å²) in [5, 5.41) is 0. The molecule has 0 unspecified atom stereocenters. The Bertz CT molecular complexity index is 511. The predicted molar refractivity (Wildman–Crippen MR) is 90.6 cm³/mol. The number of morpholine rings is 1. The third kappa shape index (κ3) is 3.41. The molecule has 0 aliphatic carbocycles. The van der Waals surface area contributed by atoms with Crippen LogP contribution in [0.1, 0.15) is 57.0 Å². The summed E-state index contributed by atoms with van der Waals surface area (Å²) in [6, 6.07) is 8.17. The van der Waals surface area contributed by atoms with Gasteiger partial charge < -0.3 is 4.74 Å². The smallest absolute Gasteiger partial charge is 0.182 e. The van der Waals surface area contributed by atoms with Gasteiger partial charge in [0.25, 0.3) is 0 Å². The maximum atomic E-state index is 12.9. The van der Waals surface area contributed by atoms with Crippen LogP contribution in [0.25, 0.3) is 0 Å². The van der Waals surface area contributed by atoms with Gasteiger partial charge in [-0.3, -0.25) is 9.69 Å². The number of nitrogens with zero attached hydrogens (tertiary/aromatic N) is 1. The lowest BCUT2D eigenvalue weighted by Crippen LogP contribution is -2.54. The monoisotopic (exact) mass is 303 g/mol. The number of carbonyl (C=O) groups excluding carboxylic acids is 1. The molecule has 0 amide bonds. The number of hydrogen-bond acceptors (Lipinski definition) is 3. The number of Topliss-reactive ketones (excluding diaryl/α,β-unsaturated/α-hetero) is 1. The van der Waals surface area contributed by atoms with Gasteiger partial charge in [-0.2, -0.15) is 0 Å². The van der Waals surface area contributed by atoms with E-state index in [0.29, 0.717) is 13.2 Å². The summed E-state index contributed by atoms with van der Waals surface area (Å²) >= 11 is 0. The number of hydrogen-bond donors (Lipinski definition) is 0. The molecule has 1 fully saturated rings. The zero-order valence-electron chi connectivity index (χ0n) is 14.6. The minimum atomic E-state index is -0.481. The highest BCUT2D eigenvalue weighted by Crippen LogP contribution is 2.28. The average molecular weight is 303 g/mol. The minimum absolute atomic E-state index is 0.154. The molecule has 0 aromatic heterocycles. The molecule has 3 heteroatoms. The van der Waals surface area contributed by atoms with Crippen LogP contribution >= 0.6 is 0 Å². The fourth-order valence-corrected chi connectivity index (χ4v) is 2.90. The summed E-state index contributed by atoms with van der Waals surface area (Å²) in [6.45, 7) is 13.8. The van der Waals surface area contributed by atoms with E-state index in [-0.39, 0.29) is 11.2 Å². The van der Waals surface area contributed by atoms with Crippen LogP contribution in [-0.4, -0.2) is 42.5 Å². The molecular weight excluding hydrogens is 274 g/mol. The molecule has 0 saturated carbocycles. The van der Waals surface area contributed by atoms with Gasteiger partial charge in [0, 0.05) is 18.7 Å². The minimum Gasteiger partial charge on any atom is -0.379 e. The molecule has 1 aromatic carbocycles. The maximum Gasteiger partial charge on any atom is 0.182 e. The van der Waals surface area contributed by atoms with Gasteiger partial charge in [0.2, 0.25) is 0 Å². The fraction of sp³-hybridized carbons (Fsp3) is 0.632. The molecule has 0 radical (unpaired) electrons. The van der Waals surface area contributed by atoms with Crippen molar-refractivity contribution in [3.8, 4) is 0 Å². The summed E-state index contributed by atoms with van der Waals surface area (Å²) in [5.74, 6) is 0.190. The SMILES string of the molecule is CCC(C)(C)c1ccc(C(=O)C(C)(C)N2CCOCC2)cc1. The van der Waals surface area contributed by atoms with Crippen molar-refractivity contribution < 1.29 is 9.53 Å². The molecule has 2 rings (SSSR count). The quantitative estimate of drug-likeness (QED) is 0.777. The van der Waals surface area contributed by atoms with Gasteiger partial charge in [-0.05, 0) is 31.2 Å². The molecule has 1 aromatic rings. The lowest BCUT2D eigenvalue weighted by atomic mass is 9.81. The van der Waals surface area contributed by atoms with Crippen molar-refractivity contribution in [1.82, 2.24) is 4.90 Å².